The Labute approximate surface area is 117 Å². The normalized spacial score (nSPS) is 15.9. The fourth-order valence-corrected chi connectivity index (χ4v) is 2.13. The lowest BCUT2D eigenvalue weighted by atomic mass is 9.93. The zero-order valence-corrected chi connectivity index (χ0v) is 11.3. The van der Waals surface area contributed by atoms with Gasteiger partial charge in [0.25, 0.3) is 0 Å². The molecule has 1 aliphatic heterocycles. The van der Waals surface area contributed by atoms with E-state index in [0.29, 0.717) is 19.5 Å². The Bertz CT molecular complexity index is 353. The molecule has 1 fully saturated rings. The summed E-state index contributed by atoms with van der Waals surface area (Å²) in [5.41, 5.74) is 5.15. The van der Waals surface area contributed by atoms with E-state index in [1.54, 1.807) is 4.90 Å². The van der Waals surface area contributed by atoms with Crippen molar-refractivity contribution in [3.8, 4) is 0 Å². The molecule has 8 nitrogen and oxygen atoms in total. The molecule has 0 saturated carbocycles. The molecular weight excluding hydrogens is 266 g/mol. The van der Waals surface area contributed by atoms with Crippen molar-refractivity contribution in [1.29, 1.82) is 0 Å². The summed E-state index contributed by atoms with van der Waals surface area (Å²) in [6.45, 7) is 1.26. The topological polar surface area (TPSA) is 122 Å². The summed E-state index contributed by atoms with van der Waals surface area (Å²) in [4.78, 5) is 34.5. The maximum atomic E-state index is 11.8. The number of hydrogen-bond donors (Lipinski definition) is 3. The lowest BCUT2D eigenvalue weighted by molar-refractivity contribution is -0.142. The molecule has 1 saturated heterocycles. The molecule has 0 aliphatic carbocycles. The van der Waals surface area contributed by atoms with Crippen LogP contribution in [0, 0.1) is 5.92 Å². The van der Waals surface area contributed by atoms with Crippen LogP contribution in [0.5, 0.6) is 0 Å². The van der Waals surface area contributed by atoms with Crippen LogP contribution in [0.2, 0.25) is 0 Å². The fraction of sp³-hybridized carbons (Fsp3) is 0.750. The van der Waals surface area contributed by atoms with Gasteiger partial charge in [0.05, 0.1) is 6.61 Å². The first-order valence-electron chi connectivity index (χ1n) is 6.59. The SMILES string of the molecule is NC(=O)CC1CCN(C(=O)NCCOCC(=O)O)CC1. The smallest absolute Gasteiger partial charge is 0.329 e. The van der Waals surface area contributed by atoms with Crippen LogP contribution in [0.15, 0.2) is 0 Å². The number of carbonyl (C=O) groups excluding carboxylic acids is 2. The highest BCUT2D eigenvalue weighted by atomic mass is 16.5. The van der Waals surface area contributed by atoms with Gasteiger partial charge in [0.15, 0.2) is 0 Å². The number of urea groups is 1. The van der Waals surface area contributed by atoms with E-state index in [9.17, 15) is 14.4 Å². The highest BCUT2D eigenvalue weighted by molar-refractivity contribution is 5.75. The van der Waals surface area contributed by atoms with Crippen LogP contribution in [0.4, 0.5) is 4.79 Å². The molecule has 114 valence electrons. The molecule has 8 heteroatoms. The number of carboxylic acids is 1. The Morgan fingerprint density at radius 1 is 1.30 bits per heavy atom. The summed E-state index contributed by atoms with van der Waals surface area (Å²) < 4.78 is 4.81. The number of nitrogens with one attached hydrogen (secondary N) is 1. The van der Waals surface area contributed by atoms with Crippen LogP contribution in [-0.4, -0.2) is 60.8 Å². The number of piperidine rings is 1. The zero-order valence-electron chi connectivity index (χ0n) is 11.3. The Balaban J connectivity index is 2.13. The van der Waals surface area contributed by atoms with Crippen LogP contribution >= 0.6 is 0 Å². The highest BCUT2D eigenvalue weighted by Gasteiger charge is 2.23. The van der Waals surface area contributed by atoms with E-state index < -0.39 is 5.97 Å². The molecule has 1 rings (SSSR count). The molecule has 0 aromatic heterocycles. The number of amides is 3. The average molecular weight is 287 g/mol. The second kappa shape index (κ2) is 8.36. The number of carbonyl (C=O) groups is 3. The molecule has 0 unspecified atom stereocenters. The van der Waals surface area contributed by atoms with Crippen molar-refractivity contribution in [2.24, 2.45) is 11.7 Å². The number of carboxylic acid groups (broad SMARTS) is 1. The summed E-state index contributed by atoms with van der Waals surface area (Å²) in [7, 11) is 0. The van der Waals surface area contributed by atoms with Gasteiger partial charge in [-0.2, -0.15) is 0 Å². The number of ether oxygens (including phenoxy) is 1. The van der Waals surface area contributed by atoms with Crippen molar-refractivity contribution in [3.63, 3.8) is 0 Å². The number of likely N-dealkylation sites (tertiary alicyclic amines) is 1. The Hall–Kier alpha value is -1.83. The highest BCUT2D eigenvalue weighted by Crippen LogP contribution is 2.19. The molecule has 1 heterocycles. The van der Waals surface area contributed by atoms with Gasteiger partial charge in [-0.25, -0.2) is 9.59 Å². The summed E-state index contributed by atoms with van der Waals surface area (Å²) in [5, 5.41) is 11.0. The van der Waals surface area contributed by atoms with E-state index >= 15 is 0 Å². The van der Waals surface area contributed by atoms with Crippen molar-refractivity contribution in [1.82, 2.24) is 10.2 Å². The largest absolute Gasteiger partial charge is 0.480 e. The zero-order chi connectivity index (χ0) is 15.0. The molecule has 0 aromatic rings. The van der Waals surface area contributed by atoms with Crippen LogP contribution in [-0.2, 0) is 14.3 Å². The number of rotatable bonds is 7. The minimum atomic E-state index is -1.03. The molecule has 0 spiro atoms. The monoisotopic (exact) mass is 287 g/mol. The first-order chi connectivity index (χ1) is 9.49. The third-order valence-corrected chi connectivity index (χ3v) is 3.14. The van der Waals surface area contributed by atoms with E-state index in [2.05, 4.69) is 5.32 Å². The second-order valence-corrected chi connectivity index (χ2v) is 4.78. The number of primary amides is 1. The summed E-state index contributed by atoms with van der Waals surface area (Å²) in [5.74, 6) is -1.08. The van der Waals surface area contributed by atoms with Crippen LogP contribution < -0.4 is 11.1 Å². The summed E-state index contributed by atoms with van der Waals surface area (Å²) in [6, 6.07) is -0.193. The lowest BCUT2D eigenvalue weighted by Gasteiger charge is -2.31. The Morgan fingerprint density at radius 2 is 1.95 bits per heavy atom. The van der Waals surface area contributed by atoms with E-state index in [1.165, 1.54) is 0 Å². The van der Waals surface area contributed by atoms with Gasteiger partial charge in [0.2, 0.25) is 5.91 Å². The van der Waals surface area contributed by atoms with Crippen LogP contribution in [0.1, 0.15) is 19.3 Å². The Morgan fingerprint density at radius 3 is 2.50 bits per heavy atom. The van der Waals surface area contributed by atoms with Gasteiger partial charge in [-0.15, -0.1) is 0 Å². The molecule has 0 radical (unpaired) electrons. The summed E-state index contributed by atoms with van der Waals surface area (Å²) in [6.07, 6.45) is 1.91. The molecule has 3 amide bonds. The molecule has 4 N–H and O–H groups in total. The standard InChI is InChI=1S/C12H21N3O5/c13-10(16)7-9-1-4-15(5-2-9)12(19)14-3-6-20-8-11(17)18/h9H,1-8H2,(H2,13,16)(H,14,19)(H,17,18). The van der Waals surface area contributed by atoms with Crippen LogP contribution in [0.3, 0.4) is 0 Å². The number of nitrogens with two attached hydrogens (primary N) is 1. The minimum Gasteiger partial charge on any atom is -0.480 e. The molecule has 1 aliphatic rings. The van der Waals surface area contributed by atoms with Gasteiger partial charge in [-0.3, -0.25) is 4.79 Å². The maximum absolute atomic E-state index is 11.8. The lowest BCUT2D eigenvalue weighted by Crippen LogP contribution is -2.45. The first-order valence-corrected chi connectivity index (χ1v) is 6.59. The predicted octanol–water partition coefficient (Wildman–Crippen LogP) is -0.615. The van der Waals surface area contributed by atoms with Crippen LogP contribution in [0.25, 0.3) is 0 Å². The molecule has 0 bridgehead atoms. The van der Waals surface area contributed by atoms with Crippen molar-refractivity contribution in [2.45, 2.75) is 19.3 Å². The van der Waals surface area contributed by atoms with E-state index in [0.717, 1.165) is 12.8 Å². The minimum absolute atomic E-state index is 0.163. The average Bonchev–Trinajstić information content (AvgIpc) is 2.38. The number of nitrogens with zero attached hydrogens (tertiary/aromatic N) is 1. The van der Waals surface area contributed by atoms with Gasteiger partial charge in [-0.05, 0) is 18.8 Å². The number of hydrogen-bond acceptors (Lipinski definition) is 4. The fourth-order valence-electron chi connectivity index (χ4n) is 2.13. The van der Waals surface area contributed by atoms with Gasteiger partial charge < -0.3 is 25.8 Å². The first kappa shape index (κ1) is 16.2. The third-order valence-electron chi connectivity index (χ3n) is 3.14. The van der Waals surface area contributed by atoms with Crippen molar-refractivity contribution < 1.29 is 24.2 Å². The van der Waals surface area contributed by atoms with Gasteiger partial charge in [0, 0.05) is 26.1 Å². The molecule has 0 aromatic carbocycles. The molecular formula is C12H21N3O5. The quantitative estimate of drug-likeness (QED) is 0.539. The molecule has 20 heavy (non-hydrogen) atoms. The van der Waals surface area contributed by atoms with Crippen molar-refractivity contribution in [2.75, 3.05) is 32.8 Å². The Kier molecular flexibility index (Phi) is 6.78. The van der Waals surface area contributed by atoms with E-state index in [-0.39, 0.29) is 37.6 Å². The second-order valence-electron chi connectivity index (χ2n) is 4.78. The van der Waals surface area contributed by atoms with E-state index in [4.69, 9.17) is 15.6 Å². The molecule has 0 atom stereocenters. The van der Waals surface area contributed by atoms with Gasteiger partial charge in [-0.1, -0.05) is 0 Å². The maximum Gasteiger partial charge on any atom is 0.329 e. The third kappa shape index (κ3) is 6.37. The van der Waals surface area contributed by atoms with Crippen molar-refractivity contribution in [3.05, 3.63) is 0 Å². The number of aliphatic carboxylic acids is 1. The van der Waals surface area contributed by atoms with Crippen molar-refractivity contribution >= 4 is 17.9 Å². The van der Waals surface area contributed by atoms with Gasteiger partial charge >= 0.3 is 12.0 Å². The predicted molar refractivity (Wildman–Crippen MR) is 70.0 cm³/mol. The summed E-state index contributed by atoms with van der Waals surface area (Å²) >= 11 is 0. The van der Waals surface area contributed by atoms with E-state index in [1.807, 2.05) is 0 Å². The van der Waals surface area contributed by atoms with Gasteiger partial charge in [0.1, 0.15) is 6.61 Å².